The minimum atomic E-state index is -5.07. The van der Waals surface area contributed by atoms with Crippen molar-refractivity contribution in [2.45, 2.75) is 4.90 Å². The number of nitrogens with two attached hydrogens (primary N) is 1. The van der Waals surface area contributed by atoms with Gasteiger partial charge in [-0.2, -0.15) is 27.0 Å². The number of benzene rings is 4. The van der Waals surface area contributed by atoms with Crippen molar-refractivity contribution >= 4 is 72.4 Å². The van der Waals surface area contributed by atoms with Gasteiger partial charge in [0.25, 0.3) is 20.2 Å². The van der Waals surface area contributed by atoms with Gasteiger partial charge in [-0.25, -0.2) is 0 Å². The van der Waals surface area contributed by atoms with E-state index < -0.39 is 41.5 Å². The first-order valence-corrected chi connectivity index (χ1v) is 16.8. The van der Waals surface area contributed by atoms with Gasteiger partial charge in [0, 0.05) is 51.0 Å². The van der Waals surface area contributed by atoms with E-state index in [1.807, 2.05) is 0 Å². The number of fused-ring (bicyclic) bond motifs is 2. The van der Waals surface area contributed by atoms with Gasteiger partial charge in [-0.1, -0.05) is 24.3 Å². The number of carbonyl (C=O) groups excluding carboxylic acids is 2. The van der Waals surface area contributed by atoms with Crippen molar-refractivity contribution in [3.8, 4) is 22.6 Å². The average Bonchev–Trinajstić information content (AvgIpc) is 3.03. The number of anilines is 3. The van der Waals surface area contributed by atoms with Crippen LogP contribution in [0.25, 0.3) is 23.3 Å². The molecule has 0 unspecified atom stereocenters. The summed E-state index contributed by atoms with van der Waals surface area (Å²) in [6.45, 7) is 0. The second-order valence-electron chi connectivity index (χ2n) is 10.7. The molecular weight excluding hydrogens is 852 g/mol. The molecule has 0 heterocycles. The molecule has 0 saturated carbocycles. The maximum atomic E-state index is 13.0. The summed E-state index contributed by atoms with van der Waals surface area (Å²) in [6, 6.07) is 16.6. The molecule has 21 heteroatoms. The number of allylic oxidation sites excluding steroid dienone is 2. The Labute approximate surface area is 367 Å². The number of Topliss-reactive ketones (excluding diaryl/α,β-unsaturated/α-hetero) is 2. The Hall–Kier alpha value is -3.10. The molecular formula is C32H23Cu2N5Na2O10S2+2. The Morgan fingerprint density at radius 2 is 1.19 bits per heavy atom. The van der Waals surface area contributed by atoms with Gasteiger partial charge in [0.1, 0.15) is 27.8 Å². The first-order chi connectivity index (χ1) is 23.1. The van der Waals surface area contributed by atoms with Crippen molar-refractivity contribution in [3.05, 3.63) is 106 Å². The van der Waals surface area contributed by atoms with Crippen molar-refractivity contribution in [2.75, 3.05) is 16.6 Å². The van der Waals surface area contributed by atoms with Crippen LogP contribution in [0, 0.1) is 0 Å². The third-order valence-corrected chi connectivity index (χ3v) is 9.18. The maximum absolute atomic E-state index is 13.0. The summed E-state index contributed by atoms with van der Waals surface area (Å²) in [6.07, 6.45) is 3.98. The number of hydrogen-bond acceptors (Lipinski definition) is 13. The molecule has 0 saturated heterocycles. The number of aromatic hydroxyl groups is 2. The van der Waals surface area contributed by atoms with E-state index in [2.05, 4.69) is 21.1 Å². The second kappa shape index (κ2) is 18.0. The Bertz CT molecular complexity index is 2490. The fourth-order valence-corrected chi connectivity index (χ4v) is 6.15. The molecule has 53 heavy (non-hydrogen) atoms. The van der Waals surface area contributed by atoms with Crippen molar-refractivity contribution in [3.63, 3.8) is 0 Å². The topological polar surface area (TPSA) is 258 Å². The van der Waals surface area contributed by atoms with Crippen LogP contribution in [-0.2, 0) is 59.2 Å². The number of nitrogens with one attached hydrogen (secondary N) is 2. The molecule has 0 aliphatic heterocycles. The van der Waals surface area contributed by atoms with E-state index in [0.29, 0.717) is 27.9 Å². The number of ketones is 2. The molecule has 0 amide bonds. The van der Waals surface area contributed by atoms with E-state index in [1.54, 1.807) is 36.4 Å². The number of phenols is 2. The zero-order valence-electron chi connectivity index (χ0n) is 27.3. The molecule has 0 bridgehead atoms. The van der Waals surface area contributed by atoms with Gasteiger partial charge >= 0.3 is 59.1 Å². The standard InChI is InChI=1S/C32H23N5O10S2.2Cu.2Na/c33-20-4-6-23-18(11-20)3-10-26(31(23)40)36-34-24-8-1-16(13-27(24)38)17-2-9-25(28(39)14-17)35-37-30-22-7-5-21(48(42,43)44)12-19(22)15-29(32(30)41)49(45,46)47;;;;/h1-15,34-35,38-39H,33H2,(H,42,43,44)(H,45,46,47);;;;/q;;;2*+1/b36-26-,37-30+;;;;. The van der Waals surface area contributed by atoms with Crippen LogP contribution >= 0.6 is 0 Å². The summed E-state index contributed by atoms with van der Waals surface area (Å²) >= 11 is 0. The van der Waals surface area contributed by atoms with Gasteiger partial charge in [-0.05, 0) is 89.0 Å². The number of hydrazone groups is 2. The van der Waals surface area contributed by atoms with Gasteiger partial charge in [0.2, 0.25) is 11.6 Å². The van der Waals surface area contributed by atoms with Crippen molar-refractivity contribution < 1.29 is 139 Å². The molecule has 4 aromatic carbocycles. The maximum Gasteiger partial charge on any atom is 1.00 e. The molecule has 0 fully saturated rings. The summed E-state index contributed by atoms with van der Waals surface area (Å²) in [5.74, 6) is -2.12. The Morgan fingerprint density at radius 1 is 0.623 bits per heavy atom. The number of nitrogens with zero attached hydrogens (tertiary/aromatic N) is 2. The molecule has 4 aromatic rings. The van der Waals surface area contributed by atoms with Gasteiger partial charge in [-0.15, -0.1) is 0 Å². The number of rotatable bonds is 7. The van der Waals surface area contributed by atoms with Gasteiger partial charge in [0.05, 0.1) is 16.3 Å². The van der Waals surface area contributed by atoms with E-state index in [9.17, 15) is 45.7 Å². The predicted octanol–water partition coefficient (Wildman–Crippen LogP) is -2.10. The third kappa shape index (κ3) is 9.96. The predicted molar refractivity (Wildman–Crippen MR) is 181 cm³/mol. The van der Waals surface area contributed by atoms with E-state index in [4.69, 9.17) is 5.73 Å². The first kappa shape index (κ1) is 46.1. The summed E-state index contributed by atoms with van der Waals surface area (Å²) in [5, 5.41) is 29.4. The Morgan fingerprint density at radius 3 is 1.74 bits per heavy atom. The fraction of sp³-hybridized carbons (Fsp3) is 0. The number of phenolic OH excluding ortho intramolecular Hbond substituents is 2. The smallest absolute Gasteiger partial charge is 0.506 e. The van der Waals surface area contributed by atoms with Crippen molar-refractivity contribution in [1.29, 1.82) is 0 Å². The molecule has 270 valence electrons. The largest absolute Gasteiger partial charge is 1.00 e. The van der Waals surface area contributed by atoms with E-state index in [-0.39, 0.29) is 139 Å². The second-order valence-corrected chi connectivity index (χ2v) is 13.5. The van der Waals surface area contributed by atoms with Crippen LogP contribution in [0.5, 0.6) is 11.5 Å². The first-order valence-electron chi connectivity index (χ1n) is 13.9. The van der Waals surface area contributed by atoms with Crippen LogP contribution in [0.15, 0.2) is 98.9 Å². The van der Waals surface area contributed by atoms with E-state index in [0.717, 1.165) is 24.3 Å². The minimum Gasteiger partial charge on any atom is -0.506 e. The number of carbonyl (C=O) groups is 2. The van der Waals surface area contributed by atoms with Crippen LogP contribution in [0.4, 0.5) is 17.1 Å². The Balaban J connectivity index is 0.00000243. The van der Waals surface area contributed by atoms with Gasteiger partial charge < -0.3 is 15.9 Å². The van der Waals surface area contributed by atoms with Crippen LogP contribution in [-0.4, -0.2) is 59.1 Å². The Kier molecular flexibility index (Phi) is 15.7. The SMILES string of the molecule is Nc1ccc2c(c1)C=C/C(=N/Nc1ccc(-c3ccc(N/N=C4/C(=O)C(S(=O)(=O)O)=Cc5cc(S(=O)(=O)O)ccc54)c(O)c3)cc1O)C2=O.[Cu].[Cu].[Na+].[Na+]. The van der Waals surface area contributed by atoms with Crippen molar-refractivity contribution in [1.82, 2.24) is 0 Å². The summed E-state index contributed by atoms with van der Waals surface area (Å²) in [5.41, 5.74) is 13.0. The molecule has 0 spiro atoms. The van der Waals surface area contributed by atoms with Gasteiger partial charge in [0.15, 0.2) is 0 Å². The monoisotopic (exact) mass is 873 g/mol. The zero-order valence-corrected chi connectivity index (χ0v) is 34.8. The third-order valence-electron chi connectivity index (χ3n) is 7.47. The molecule has 2 radical (unpaired) electrons. The zero-order chi connectivity index (χ0) is 35.2. The van der Waals surface area contributed by atoms with E-state index >= 15 is 0 Å². The van der Waals surface area contributed by atoms with Crippen molar-refractivity contribution in [2.24, 2.45) is 10.2 Å². The molecule has 2 aliphatic carbocycles. The molecule has 15 nitrogen and oxygen atoms in total. The average molecular weight is 875 g/mol. The van der Waals surface area contributed by atoms with Crippen LogP contribution < -0.4 is 75.7 Å². The minimum absolute atomic E-state index is 0. The molecule has 6 rings (SSSR count). The van der Waals surface area contributed by atoms with Crippen LogP contribution in [0.3, 0.4) is 0 Å². The quantitative estimate of drug-likeness (QED) is 0.0346. The summed E-state index contributed by atoms with van der Waals surface area (Å²) in [7, 11) is -9.76. The summed E-state index contributed by atoms with van der Waals surface area (Å²) in [4.78, 5) is 24.1. The van der Waals surface area contributed by atoms with Crippen LogP contribution in [0.2, 0.25) is 0 Å². The fourth-order valence-electron chi connectivity index (χ4n) is 5.03. The van der Waals surface area contributed by atoms with Crippen LogP contribution in [0.1, 0.15) is 27.0 Å². The number of nitrogen functional groups attached to an aromatic ring is 1. The van der Waals surface area contributed by atoms with E-state index in [1.165, 1.54) is 30.3 Å². The molecule has 2 aliphatic rings. The molecule has 0 aromatic heterocycles. The molecule has 8 N–H and O–H groups in total. The number of hydrogen-bond donors (Lipinski definition) is 7. The van der Waals surface area contributed by atoms with Gasteiger partial charge in [-0.3, -0.25) is 29.5 Å². The normalized spacial score (nSPS) is 14.7. The summed E-state index contributed by atoms with van der Waals surface area (Å²) < 4.78 is 65.9. The molecule has 0 atom stereocenters.